The molecular formula is C29H31ClN4O2. The number of likely N-dealkylation sites (N-methyl/N-ethyl adjacent to an activating group) is 1. The number of hydrogen-bond donors (Lipinski definition) is 1. The summed E-state index contributed by atoms with van der Waals surface area (Å²) in [6.45, 7) is 9.67. The lowest BCUT2D eigenvalue weighted by Crippen LogP contribution is -2.43. The van der Waals surface area contributed by atoms with Gasteiger partial charge in [-0.25, -0.2) is 4.98 Å². The number of aromatic nitrogens is 2. The van der Waals surface area contributed by atoms with Crippen LogP contribution in [0.2, 0.25) is 5.02 Å². The molecular weight excluding hydrogens is 472 g/mol. The Labute approximate surface area is 215 Å². The molecule has 3 aromatic heterocycles. The molecule has 0 atom stereocenters. The molecule has 1 aliphatic heterocycles. The lowest BCUT2D eigenvalue weighted by molar-refractivity contribution is 0.148. The number of H-pyrrole nitrogens is 1. The molecule has 0 radical (unpaired) electrons. The first-order chi connectivity index (χ1) is 17.4. The van der Waals surface area contributed by atoms with Crippen molar-refractivity contribution in [2.24, 2.45) is 0 Å². The standard InChI is InChI=1S/C29H31ClN4O2/c1-18(2)27-16-21-14-22(30)13-20(28(21)36-27)15-23-5-7-26(35-23)29-31-24-6-4-19(12-25(24)32-29)17-34-10-8-33(3)9-11-34/h4-7,12-14,16,18H,8-11,15,17H2,1-3H3,(H,31,32). The number of rotatable bonds is 6. The maximum atomic E-state index is 6.41. The van der Waals surface area contributed by atoms with E-state index < -0.39 is 0 Å². The SMILES string of the molecule is CC(C)c1cc2cc(Cl)cc(Cc3ccc(-c4nc5ccc(CN6CCN(C)CC6)cc5[nH]4)o3)c2o1. The molecule has 7 heteroatoms. The maximum Gasteiger partial charge on any atom is 0.174 e. The van der Waals surface area contributed by atoms with E-state index in [-0.39, 0.29) is 0 Å². The van der Waals surface area contributed by atoms with Gasteiger partial charge in [-0.3, -0.25) is 4.90 Å². The van der Waals surface area contributed by atoms with Gasteiger partial charge in [0.2, 0.25) is 0 Å². The van der Waals surface area contributed by atoms with Crippen LogP contribution in [0.15, 0.2) is 57.4 Å². The van der Waals surface area contributed by atoms with Gasteiger partial charge in [-0.2, -0.15) is 0 Å². The molecule has 1 N–H and O–H groups in total. The molecule has 6 nitrogen and oxygen atoms in total. The zero-order valence-electron chi connectivity index (χ0n) is 21.0. The van der Waals surface area contributed by atoms with Crippen LogP contribution in [0.4, 0.5) is 0 Å². The second-order valence-electron chi connectivity index (χ2n) is 10.2. The summed E-state index contributed by atoms with van der Waals surface area (Å²) in [5, 5.41) is 1.72. The molecule has 4 heterocycles. The number of aromatic amines is 1. The van der Waals surface area contributed by atoms with Crippen molar-refractivity contribution in [3.63, 3.8) is 0 Å². The number of furan rings is 2. The van der Waals surface area contributed by atoms with E-state index in [4.69, 9.17) is 25.4 Å². The van der Waals surface area contributed by atoms with Gasteiger partial charge in [-0.05, 0) is 55.1 Å². The molecule has 6 rings (SSSR count). The Morgan fingerprint density at radius 3 is 2.64 bits per heavy atom. The fourth-order valence-corrected chi connectivity index (χ4v) is 5.19. The Balaban J connectivity index is 1.22. The van der Waals surface area contributed by atoms with Crippen LogP contribution in [0.25, 0.3) is 33.6 Å². The number of halogens is 1. The molecule has 0 unspecified atom stereocenters. The second kappa shape index (κ2) is 9.43. The van der Waals surface area contributed by atoms with Gasteiger partial charge in [0.1, 0.15) is 17.1 Å². The van der Waals surface area contributed by atoms with E-state index in [2.05, 4.69) is 59.9 Å². The summed E-state index contributed by atoms with van der Waals surface area (Å²) in [5.74, 6) is 3.58. The second-order valence-corrected chi connectivity index (χ2v) is 10.7. The molecule has 186 valence electrons. The quantitative estimate of drug-likeness (QED) is 0.280. The Bertz CT molecular complexity index is 1520. The fraction of sp³-hybridized carbons (Fsp3) is 0.345. The van der Waals surface area contributed by atoms with Crippen LogP contribution in [0.1, 0.15) is 42.4 Å². The molecule has 1 saturated heterocycles. The number of hydrogen-bond acceptors (Lipinski definition) is 5. The van der Waals surface area contributed by atoms with Crippen LogP contribution in [0, 0.1) is 0 Å². The van der Waals surface area contributed by atoms with Crippen molar-refractivity contribution in [1.82, 2.24) is 19.8 Å². The van der Waals surface area contributed by atoms with Crippen LogP contribution in [0.5, 0.6) is 0 Å². The van der Waals surface area contributed by atoms with Crippen molar-refractivity contribution >= 4 is 33.6 Å². The van der Waals surface area contributed by atoms with Gasteiger partial charge >= 0.3 is 0 Å². The lowest BCUT2D eigenvalue weighted by Gasteiger charge is -2.32. The predicted octanol–water partition coefficient (Wildman–Crippen LogP) is 6.68. The number of piperazine rings is 1. The highest BCUT2D eigenvalue weighted by molar-refractivity contribution is 6.31. The minimum atomic E-state index is 0.314. The topological polar surface area (TPSA) is 61.4 Å². The van der Waals surface area contributed by atoms with Gasteiger partial charge in [0.05, 0.1) is 11.0 Å². The molecule has 1 fully saturated rings. The van der Waals surface area contributed by atoms with Gasteiger partial charge in [0, 0.05) is 61.0 Å². The predicted molar refractivity (Wildman–Crippen MR) is 145 cm³/mol. The van der Waals surface area contributed by atoms with Crippen LogP contribution in [-0.4, -0.2) is 53.0 Å². The van der Waals surface area contributed by atoms with Crippen LogP contribution in [0.3, 0.4) is 0 Å². The Morgan fingerprint density at radius 1 is 1.00 bits per heavy atom. The molecule has 0 amide bonds. The van der Waals surface area contributed by atoms with E-state index in [9.17, 15) is 0 Å². The van der Waals surface area contributed by atoms with Crippen molar-refractivity contribution in [2.45, 2.75) is 32.7 Å². The maximum absolute atomic E-state index is 6.41. The van der Waals surface area contributed by atoms with E-state index in [1.807, 2.05) is 24.3 Å². The third-order valence-corrected chi connectivity index (χ3v) is 7.27. The smallest absolute Gasteiger partial charge is 0.174 e. The third-order valence-electron chi connectivity index (χ3n) is 7.05. The van der Waals surface area contributed by atoms with Crippen LogP contribution >= 0.6 is 11.6 Å². The molecule has 0 bridgehead atoms. The van der Waals surface area contributed by atoms with E-state index in [0.717, 1.165) is 83.4 Å². The van der Waals surface area contributed by atoms with Crippen molar-refractivity contribution < 1.29 is 8.83 Å². The summed E-state index contributed by atoms with van der Waals surface area (Å²) >= 11 is 6.41. The molecule has 36 heavy (non-hydrogen) atoms. The molecule has 5 aromatic rings. The van der Waals surface area contributed by atoms with E-state index in [0.29, 0.717) is 17.4 Å². The number of imidazole rings is 1. The normalized spacial score (nSPS) is 15.6. The molecule has 1 aliphatic rings. The monoisotopic (exact) mass is 502 g/mol. The summed E-state index contributed by atoms with van der Waals surface area (Å²) in [6.07, 6.45) is 0.595. The fourth-order valence-electron chi connectivity index (χ4n) is 4.95. The van der Waals surface area contributed by atoms with Crippen LogP contribution in [-0.2, 0) is 13.0 Å². The molecule has 0 spiro atoms. The van der Waals surface area contributed by atoms with Crippen LogP contribution < -0.4 is 0 Å². The summed E-state index contributed by atoms with van der Waals surface area (Å²) in [5.41, 5.74) is 5.16. The zero-order chi connectivity index (χ0) is 24.8. The first-order valence-corrected chi connectivity index (χ1v) is 13.0. The number of benzene rings is 2. The largest absolute Gasteiger partial charge is 0.461 e. The molecule has 0 aliphatic carbocycles. The van der Waals surface area contributed by atoms with Crippen molar-refractivity contribution in [2.75, 3.05) is 33.2 Å². The Hall–Kier alpha value is -3.06. The number of nitrogens with zero attached hydrogens (tertiary/aromatic N) is 3. The van der Waals surface area contributed by atoms with E-state index in [1.165, 1.54) is 5.56 Å². The van der Waals surface area contributed by atoms with Gasteiger partial charge in [0.25, 0.3) is 0 Å². The van der Waals surface area contributed by atoms with E-state index >= 15 is 0 Å². The first kappa shape index (κ1) is 23.3. The van der Waals surface area contributed by atoms with Crippen molar-refractivity contribution in [3.8, 4) is 11.6 Å². The minimum Gasteiger partial charge on any atom is -0.461 e. The van der Waals surface area contributed by atoms with Gasteiger partial charge in [-0.1, -0.05) is 31.5 Å². The summed E-state index contributed by atoms with van der Waals surface area (Å²) in [6, 6.07) is 16.4. The highest BCUT2D eigenvalue weighted by Crippen LogP contribution is 2.32. The van der Waals surface area contributed by atoms with Gasteiger partial charge in [0.15, 0.2) is 11.6 Å². The Kier molecular flexibility index (Phi) is 6.12. The first-order valence-electron chi connectivity index (χ1n) is 12.6. The average Bonchev–Trinajstić information content (AvgIpc) is 3.58. The zero-order valence-corrected chi connectivity index (χ0v) is 21.7. The van der Waals surface area contributed by atoms with E-state index in [1.54, 1.807) is 0 Å². The minimum absolute atomic E-state index is 0.314. The Morgan fingerprint density at radius 2 is 1.83 bits per heavy atom. The summed E-state index contributed by atoms with van der Waals surface area (Å²) in [7, 11) is 2.19. The molecule has 2 aromatic carbocycles. The van der Waals surface area contributed by atoms with Crippen molar-refractivity contribution in [1.29, 1.82) is 0 Å². The summed E-state index contributed by atoms with van der Waals surface area (Å²) in [4.78, 5) is 13.1. The lowest BCUT2D eigenvalue weighted by atomic mass is 10.1. The highest BCUT2D eigenvalue weighted by Gasteiger charge is 2.17. The molecule has 0 saturated carbocycles. The highest BCUT2D eigenvalue weighted by atomic mass is 35.5. The van der Waals surface area contributed by atoms with Gasteiger partial charge < -0.3 is 18.7 Å². The van der Waals surface area contributed by atoms with Gasteiger partial charge in [-0.15, -0.1) is 0 Å². The third kappa shape index (κ3) is 4.69. The number of nitrogens with one attached hydrogen (secondary N) is 1. The van der Waals surface area contributed by atoms with Crippen molar-refractivity contribution in [3.05, 3.63) is 76.2 Å². The average molecular weight is 503 g/mol. The number of fused-ring (bicyclic) bond motifs is 2. The summed E-state index contributed by atoms with van der Waals surface area (Å²) < 4.78 is 12.4.